The topological polar surface area (TPSA) is 70.5 Å². The summed E-state index contributed by atoms with van der Waals surface area (Å²) in [5.41, 5.74) is 8.21. The molecule has 0 aliphatic rings. The number of nitrogen functional groups attached to an aromatic ring is 1. The van der Waals surface area contributed by atoms with E-state index in [1.165, 1.54) is 0 Å². The maximum absolute atomic E-state index is 6.07. The number of hydrogen-bond acceptors (Lipinski definition) is 5. The standard InChI is InChI=1S/C15H13ClN2O3/c1-19-8-3-4-12-14(5-8)21-15(18-12)9-6-10(16)11(17)7-13(9)20-2/h3-7H,17H2,1-2H3. The largest absolute Gasteiger partial charge is 0.497 e. The van der Waals surface area contributed by atoms with Crippen molar-refractivity contribution in [2.45, 2.75) is 0 Å². The summed E-state index contributed by atoms with van der Waals surface area (Å²) in [5.74, 6) is 1.67. The summed E-state index contributed by atoms with van der Waals surface area (Å²) in [5, 5.41) is 0.422. The Bertz CT molecular complexity index is 814. The molecule has 0 atom stereocenters. The van der Waals surface area contributed by atoms with Crippen molar-refractivity contribution in [3.8, 4) is 23.0 Å². The summed E-state index contributed by atoms with van der Waals surface area (Å²) in [4.78, 5) is 4.44. The molecule has 1 heterocycles. The van der Waals surface area contributed by atoms with E-state index in [1.807, 2.05) is 12.1 Å². The van der Waals surface area contributed by atoms with Crippen molar-refractivity contribution in [1.82, 2.24) is 4.98 Å². The number of nitrogens with zero attached hydrogens (tertiary/aromatic N) is 1. The van der Waals surface area contributed by atoms with Crippen LogP contribution in [0.3, 0.4) is 0 Å². The second-order valence-electron chi connectivity index (χ2n) is 4.43. The third-order valence-corrected chi connectivity index (χ3v) is 3.47. The summed E-state index contributed by atoms with van der Waals surface area (Å²) in [6.45, 7) is 0. The van der Waals surface area contributed by atoms with E-state index in [0.717, 1.165) is 5.52 Å². The molecule has 3 aromatic rings. The monoisotopic (exact) mass is 304 g/mol. The summed E-state index contributed by atoms with van der Waals surface area (Å²) in [7, 11) is 3.15. The van der Waals surface area contributed by atoms with Gasteiger partial charge >= 0.3 is 0 Å². The van der Waals surface area contributed by atoms with Crippen LogP contribution in [0.25, 0.3) is 22.6 Å². The van der Waals surface area contributed by atoms with E-state index in [4.69, 9.17) is 31.2 Å². The molecule has 0 bridgehead atoms. The van der Waals surface area contributed by atoms with Crippen LogP contribution in [0.4, 0.5) is 5.69 Å². The number of benzene rings is 2. The summed E-state index contributed by atoms with van der Waals surface area (Å²) < 4.78 is 16.2. The minimum atomic E-state index is 0.414. The Hall–Kier alpha value is -2.40. The van der Waals surface area contributed by atoms with Crippen LogP contribution in [-0.4, -0.2) is 19.2 Å². The zero-order chi connectivity index (χ0) is 15.0. The zero-order valence-corrected chi connectivity index (χ0v) is 12.3. The van der Waals surface area contributed by atoms with Gasteiger partial charge in [-0.15, -0.1) is 0 Å². The fourth-order valence-corrected chi connectivity index (χ4v) is 2.22. The lowest BCUT2D eigenvalue weighted by atomic mass is 10.2. The summed E-state index contributed by atoms with van der Waals surface area (Å²) >= 11 is 6.07. The van der Waals surface area contributed by atoms with E-state index >= 15 is 0 Å². The first-order valence-corrected chi connectivity index (χ1v) is 6.58. The molecule has 0 unspecified atom stereocenters. The van der Waals surface area contributed by atoms with Crippen molar-refractivity contribution in [1.29, 1.82) is 0 Å². The molecule has 3 rings (SSSR count). The molecule has 2 aromatic carbocycles. The van der Waals surface area contributed by atoms with Gasteiger partial charge in [0.2, 0.25) is 5.89 Å². The lowest BCUT2D eigenvalue weighted by Crippen LogP contribution is -1.93. The fraction of sp³-hybridized carbons (Fsp3) is 0.133. The second kappa shape index (κ2) is 5.18. The molecule has 0 saturated heterocycles. The molecule has 5 nitrogen and oxygen atoms in total. The Labute approximate surface area is 126 Å². The fourth-order valence-electron chi connectivity index (χ4n) is 2.05. The van der Waals surface area contributed by atoms with E-state index in [1.54, 1.807) is 32.4 Å². The highest BCUT2D eigenvalue weighted by molar-refractivity contribution is 6.33. The molecule has 0 spiro atoms. The quantitative estimate of drug-likeness (QED) is 0.746. The molecular formula is C15H13ClN2O3. The van der Waals surface area contributed by atoms with Crippen molar-refractivity contribution in [3.05, 3.63) is 35.4 Å². The van der Waals surface area contributed by atoms with Crippen LogP contribution >= 0.6 is 11.6 Å². The summed E-state index contributed by atoms with van der Waals surface area (Å²) in [6, 6.07) is 8.75. The average molecular weight is 305 g/mol. The molecule has 108 valence electrons. The molecule has 21 heavy (non-hydrogen) atoms. The van der Waals surface area contributed by atoms with Crippen molar-refractivity contribution in [2.75, 3.05) is 20.0 Å². The first-order valence-electron chi connectivity index (χ1n) is 6.20. The first kappa shape index (κ1) is 13.6. The van der Waals surface area contributed by atoms with Gasteiger partial charge in [0.1, 0.15) is 17.0 Å². The zero-order valence-electron chi connectivity index (χ0n) is 11.5. The Morgan fingerprint density at radius 1 is 1.14 bits per heavy atom. The maximum Gasteiger partial charge on any atom is 0.231 e. The summed E-state index contributed by atoms with van der Waals surface area (Å²) in [6.07, 6.45) is 0. The lowest BCUT2D eigenvalue weighted by Gasteiger charge is -2.07. The SMILES string of the molecule is COc1ccc2nc(-c3cc(Cl)c(N)cc3OC)oc2c1. The van der Waals surface area contributed by atoms with Crippen molar-refractivity contribution < 1.29 is 13.9 Å². The molecule has 0 fully saturated rings. The number of hydrogen-bond donors (Lipinski definition) is 1. The van der Waals surface area contributed by atoms with Crippen LogP contribution in [0.15, 0.2) is 34.7 Å². The number of oxazole rings is 1. The normalized spacial score (nSPS) is 10.8. The molecule has 0 radical (unpaired) electrons. The van der Waals surface area contributed by atoms with E-state index in [-0.39, 0.29) is 0 Å². The Balaban J connectivity index is 2.18. The number of ether oxygens (including phenoxy) is 2. The van der Waals surface area contributed by atoms with Gasteiger partial charge in [-0.05, 0) is 18.2 Å². The van der Waals surface area contributed by atoms with E-state index in [0.29, 0.717) is 39.2 Å². The highest BCUT2D eigenvalue weighted by atomic mass is 35.5. The minimum Gasteiger partial charge on any atom is -0.497 e. The van der Waals surface area contributed by atoms with Crippen LogP contribution < -0.4 is 15.2 Å². The number of anilines is 1. The van der Waals surface area contributed by atoms with Crippen molar-refractivity contribution in [3.63, 3.8) is 0 Å². The third-order valence-electron chi connectivity index (χ3n) is 3.14. The number of halogens is 1. The van der Waals surface area contributed by atoms with Crippen LogP contribution in [0.2, 0.25) is 5.02 Å². The van der Waals surface area contributed by atoms with Gasteiger partial charge in [-0.2, -0.15) is 0 Å². The second-order valence-corrected chi connectivity index (χ2v) is 4.83. The molecule has 0 aliphatic heterocycles. The van der Waals surface area contributed by atoms with Gasteiger partial charge in [0.05, 0.1) is 30.5 Å². The van der Waals surface area contributed by atoms with Crippen LogP contribution in [0.5, 0.6) is 11.5 Å². The van der Waals surface area contributed by atoms with Crippen molar-refractivity contribution >= 4 is 28.4 Å². The molecule has 0 aliphatic carbocycles. The Morgan fingerprint density at radius 3 is 2.67 bits per heavy atom. The molecular weight excluding hydrogens is 292 g/mol. The van der Waals surface area contributed by atoms with E-state index < -0.39 is 0 Å². The van der Waals surface area contributed by atoms with Gasteiger partial charge in [-0.3, -0.25) is 0 Å². The Kier molecular flexibility index (Phi) is 3.35. The molecule has 0 amide bonds. The predicted octanol–water partition coefficient (Wildman–Crippen LogP) is 3.75. The molecule has 0 saturated carbocycles. The molecule has 2 N–H and O–H groups in total. The van der Waals surface area contributed by atoms with E-state index in [2.05, 4.69) is 4.98 Å². The smallest absolute Gasteiger partial charge is 0.231 e. The lowest BCUT2D eigenvalue weighted by molar-refractivity contribution is 0.413. The number of nitrogens with two attached hydrogens (primary N) is 1. The number of rotatable bonds is 3. The maximum atomic E-state index is 6.07. The number of fused-ring (bicyclic) bond motifs is 1. The predicted molar refractivity (Wildman–Crippen MR) is 82.0 cm³/mol. The van der Waals surface area contributed by atoms with Gasteiger partial charge in [0.15, 0.2) is 5.58 Å². The first-order chi connectivity index (χ1) is 10.1. The van der Waals surface area contributed by atoms with E-state index in [9.17, 15) is 0 Å². The Morgan fingerprint density at radius 2 is 1.95 bits per heavy atom. The molecule has 6 heteroatoms. The number of methoxy groups -OCH3 is 2. The minimum absolute atomic E-state index is 0.414. The number of aromatic nitrogens is 1. The van der Waals surface area contributed by atoms with Gasteiger partial charge in [-0.1, -0.05) is 11.6 Å². The van der Waals surface area contributed by atoms with Crippen LogP contribution in [0, 0.1) is 0 Å². The highest BCUT2D eigenvalue weighted by Gasteiger charge is 2.16. The molecule has 1 aromatic heterocycles. The van der Waals surface area contributed by atoms with Crippen LogP contribution in [0.1, 0.15) is 0 Å². The third kappa shape index (κ3) is 2.36. The van der Waals surface area contributed by atoms with Crippen molar-refractivity contribution in [2.24, 2.45) is 0 Å². The van der Waals surface area contributed by atoms with Gasteiger partial charge in [0.25, 0.3) is 0 Å². The van der Waals surface area contributed by atoms with Gasteiger partial charge in [0, 0.05) is 12.1 Å². The van der Waals surface area contributed by atoms with Gasteiger partial charge < -0.3 is 19.6 Å². The van der Waals surface area contributed by atoms with Crippen LogP contribution in [-0.2, 0) is 0 Å². The average Bonchev–Trinajstić information content (AvgIpc) is 2.92. The van der Waals surface area contributed by atoms with Gasteiger partial charge in [-0.25, -0.2) is 4.98 Å². The highest BCUT2D eigenvalue weighted by Crippen LogP contribution is 2.37.